The number of nitrogens with zero attached hydrogens (tertiary/aromatic N) is 2. The minimum absolute atomic E-state index is 0.134. The first kappa shape index (κ1) is 22.7. The molecule has 5 fully saturated rings. The number of aromatic hydroxyl groups is 1. The Kier molecular flexibility index (Phi) is 5.53. The van der Waals surface area contributed by atoms with Gasteiger partial charge < -0.3 is 10.0 Å². The second-order valence-electron chi connectivity index (χ2n) is 11.9. The molecule has 4 nitrogen and oxygen atoms in total. The second-order valence-corrected chi connectivity index (χ2v) is 12.9. The number of aliphatic imine (C=N–C) groups is 1. The van der Waals surface area contributed by atoms with Crippen molar-refractivity contribution in [3.05, 3.63) is 58.5 Å². The summed E-state index contributed by atoms with van der Waals surface area (Å²) in [5, 5.41) is 11.6. The Labute approximate surface area is 217 Å². The van der Waals surface area contributed by atoms with E-state index in [2.05, 4.69) is 34.2 Å². The predicted molar refractivity (Wildman–Crippen MR) is 147 cm³/mol. The van der Waals surface area contributed by atoms with Crippen LogP contribution in [0.4, 0.5) is 0 Å². The molecular formula is C31H34N2O2S. The maximum Gasteiger partial charge on any atom is 0.286 e. The molecule has 8 rings (SSSR count). The van der Waals surface area contributed by atoms with Crippen LogP contribution in [0.25, 0.3) is 17.2 Å². The van der Waals surface area contributed by atoms with Crippen LogP contribution in [0, 0.1) is 17.8 Å². The highest BCUT2D eigenvalue weighted by Gasteiger charge is 2.51. The summed E-state index contributed by atoms with van der Waals surface area (Å²) in [7, 11) is 0. The summed E-state index contributed by atoms with van der Waals surface area (Å²) < 4.78 is 0. The van der Waals surface area contributed by atoms with Gasteiger partial charge in [0.05, 0.1) is 4.91 Å². The number of amidine groups is 1. The number of thioether (sulfide) groups is 1. The summed E-state index contributed by atoms with van der Waals surface area (Å²) in [6, 6.07) is 14.6. The van der Waals surface area contributed by atoms with E-state index in [0.29, 0.717) is 16.1 Å². The maximum absolute atomic E-state index is 12.5. The van der Waals surface area contributed by atoms with E-state index < -0.39 is 0 Å². The minimum Gasteiger partial charge on any atom is -0.507 e. The van der Waals surface area contributed by atoms with Crippen molar-refractivity contribution in [3.63, 3.8) is 0 Å². The number of hydrogen-bond donors (Lipinski definition) is 1. The molecule has 2 aromatic rings. The van der Waals surface area contributed by atoms with Gasteiger partial charge in [-0.1, -0.05) is 30.3 Å². The number of rotatable bonds is 3. The largest absolute Gasteiger partial charge is 0.507 e. The molecule has 4 aliphatic carbocycles. The Hall–Kier alpha value is -2.53. The zero-order valence-corrected chi connectivity index (χ0v) is 21.6. The van der Waals surface area contributed by atoms with Gasteiger partial charge in [-0.05, 0) is 128 Å². The molecule has 186 valence electrons. The summed E-state index contributed by atoms with van der Waals surface area (Å²) in [4.78, 5) is 19.8. The molecule has 4 bridgehead atoms. The number of benzene rings is 2. The van der Waals surface area contributed by atoms with Crippen LogP contribution in [-0.4, -0.2) is 34.2 Å². The van der Waals surface area contributed by atoms with Crippen LogP contribution in [0.1, 0.15) is 68.9 Å². The normalized spacial score (nSPS) is 32.4. The molecule has 36 heavy (non-hydrogen) atoms. The van der Waals surface area contributed by atoms with Gasteiger partial charge in [-0.25, -0.2) is 0 Å². The molecule has 0 unspecified atom stereocenters. The zero-order valence-electron chi connectivity index (χ0n) is 20.8. The summed E-state index contributed by atoms with van der Waals surface area (Å²) in [6.45, 7) is 1.99. The number of carbonyl (C=O) groups excluding carboxylic acids is 1. The fraction of sp³-hybridized carbons (Fsp3) is 0.484. The Morgan fingerprint density at radius 1 is 0.917 bits per heavy atom. The molecule has 1 saturated heterocycles. The Morgan fingerprint density at radius 3 is 2.25 bits per heavy atom. The van der Waals surface area contributed by atoms with Crippen molar-refractivity contribution in [1.82, 2.24) is 4.90 Å². The Bertz CT molecular complexity index is 1220. The second kappa shape index (κ2) is 8.79. The van der Waals surface area contributed by atoms with Crippen LogP contribution >= 0.6 is 11.8 Å². The quantitative estimate of drug-likeness (QED) is 0.464. The molecule has 2 aromatic carbocycles. The highest BCUT2D eigenvalue weighted by Crippen LogP contribution is 2.61. The molecule has 5 heteroatoms. The molecule has 1 amide bonds. The third-order valence-electron chi connectivity index (χ3n) is 9.40. The molecule has 0 aromatic heterocycles. The Balaban J connectivity index is 1.12. The number of amides is 1. The van der Waals surface area contributed by atoms with Crippen LogP contribution in [0.2, 0.25) is 0 Å². The van der Waals surface area contributed by atoms with Gasteiger partial charge in [-0.15, -0.1) is 0 Å². The van der Waals surface area contributed by atoms with Crippen LogP contribution < -0.4 is 0 Å². The van der Waals surface area contributed by atoms with E-state index in [1.54, 1.807) is 0 Å². The van der Waals surface area contributed by atoms with Crippen molar-refractivity contribution in [3.8, 4) is 16.9 Å². The number of phenolic OH excluding ortho intramolecular Hbond substituents is 1. The molecule has 6 aliphatic rings. The average molecular weight is 499 g/mol. The minimum atomic E-state index is -0.134. The standard InChI is InChI=1S/C31H34N2O2S/c34-27-9-8-25(31-17-21-12-22(18-31)14-23(13-21)19-31)16-26(27)24-6-4-20(5-7-24)15-28-29(35)32-30(36-28)33-10-2-1-3-11-33/h4-9,15-16,21-23,34H,1-3,10-14,17-19H2/b28-15-. The lowest BCUT2D eigenvalue weighted by Gasteiger charge is -2.57. The van der Waals surface area contributed by atoms with Crippen molar-refractivity contribution in [2.75, 3.05) is 13.1 Å². The van der Waals surface area contributed by atoms with Crippen molar-refractivity contribution in [1.29, 1.82) is 0 Å². The van der Waals surface area contributed by atoms with Gasteiger partial charge in [0, 0.05) is 18.7 Å². The summed E-state index contributed by atoms with van der Waals surface area (Å²) in [5.74, 6) is 2.91. The number of hydrogen-bond acceptors (Lipinski definition) is 4. The van der Waals surface area contributed by atoms with Crippen LogP contribution in [-0.2, 0) is 10.2 Å². The molecular weight excluding hydrogens is 464 g/mol. The molecule has 0 spiro atoms. The van der Waals surface area contributed by atoms with Gasteiger partial charge in [-0.2, -0.15) is 4.99 Å². The molecule has 2 aliphatic heterocycles. The van der Waals surface area contributed by atoms with Gasteiger partial charge in [0.2, 0.25) is 0 Å². The van der Waals surface area contributed by atoms with Crippen molar-refractivity contribution in [2.45, 2.75) is 63.2 Å². The van der Waals surface area contributed by atoms with E-state index in [1.165, 1.54) is 75.1 Å². The third-order valence-corrected chi connectivity index (χ3v) is 10.4. The average Bonchev–Trinajstić information content (AvgIpc) is 3.24. The summed E-state index contributed by atoms with van der Waals surface area (Å²) in [6.07, 6.45) is 13.8. The number of likely N-dealkylation sites (tertiary alicyclic amines) is 1. The van der Waals surface area contributed by atoms with Gasteiger partial charge >= 0.3 is 0 Å². The van der Waals surface area contributed by atoms with Gasteiger partial charge in [-0.3, -0.25) is 4.79 Å². The van der Waals surface area contributed by atoms with Crippen LogP contribution in [0.3, 0.4) is 0 Å². The number of phenols is 1. The van der Waals surface area contributed by atoms with E-state index in [4.69, 9.17) is 0 Å². The Morgan fingerprint density at radius 2 is 1.58 bits per heavy atom. The van der Waals surface area contributed by atoms with E-state index >= 15 is 0 Å². The highest BCUT2D eigenvalue weighted by atomic mass is 32.2. The lowest BCUT2D eigenvalue weighted by atomic mass is 9.48. The molecule has 1 N–H and O–H groups in total. The molecule has 0 radical (unpaired) electrons. The fourth-order valence-electron chi connectivity index (χ4n) is 8.09. The molecule has 0 atom stereocenters. The van der Waals surface area contributed by atoms with Crippen LogP contribution in [0.5, 0.6) is 5.75 Å². The van der Waals surface area contributed by atoms with Gasteiger partial charge in [0.15, 0.2) is 5.17 Å². The van der Waals surface area contributed by atoms with E-state index in [1.807, 2.05) is 24.3 Å². The van der Waals surface area contributed by atoms with Gasteiger partial charge in [0.1, 0.15) is 5.75 Å². The van der Waals surface area contributed by atoms with Crippen LogP contribution in [0.15, 0.2) is 52.4 Å². The summed E-state index contributed by atoms with van der Waals surface area (Å²) >= 11 is 1.50. The topological polar surface area (TPSA) is 52.9 Å². The maximum atomic E-state index is 12.5. The third kappa shape index (κ3) is 4.00. The lowest BCUT2D eigenvalue weighted by Crippen LogP contribution is -2.48. The van der Waals surface area contributed by atoms with Crippen molar-refractivity contribution < 1.29 is 9.90 Å². The first-order chi connectivity index (χ1) is 17.5. The SMILES string of the molecule is O=C1N=C(N2CCCCC2)S/C1=C\c1ccc(-c2cc(C34CC5CC(CC(C5)C3)C4)ccc2O)cc1. The van der Waals surface area contributed by atoms with E-state index in [0.717, 1.165) is 52.7 Å². The first-order valence-corrected chi connectivity index (χ1v) is 14.6. The predicted octanol–water partition coefficient (Wildman–Crippen LogP) is 6.98. The number of carbonyl (C=O) groups is 1. The highest BCUT2D eigenvalue weighted by molar-refractivity contribution is 8.18. The molecule has 4 saturated carbocycles. The fourth-order valence-corrected chi connectivity index (χ4v) is 9.05. The smallest absolute Gasteiger partial charge is 0.286 e. The van der Waals surface area contributed by atoms with Crippen molar-refractivity contribution in [2.24, 2.45) is 22.7 Å². The number of piperidine rings is 1. The van der Waals surface area contributed by atoms with Gasteiger partial charge in [0.25, 0.3) is 5.91 Å². The van der Waals surface area contributed by atoms with E-state index in [-0.39, 0.29) is 5.91 Å². The first-order valence-electron chi connectivity index (χ1n) is 13.8. The molecule has 2 heterocycles. The van der Waals surface area contributed by atoms with Crippen molar-refractivity contribution >= 4 is 28.9 Å². The lowest BCUT2D eigenvalue weighted by molar-refractivity contribution is -0.113. The monoisotopic (exact) mass is 498 g/mol. The zero-order chi connectivity index (χ0) is 24.3. The van der Waals surface area contributed by atoms with E-state index in [9.17, 15) is 9.90 Å². The summed E-state index contributed by atoms with van der Waals surface area (Å²) in [5.41, 5.74) is 4.67.